The van der Waals surface area contributed by atoms with E-state index >= 15 is 0 Å². The van der Waals surface area contributed by atoms with Gasteiger partial charge in [-0.25, -0.2) is 4.79 Å². The SMILES string of the molecule is NC(=O)CNC(=O)COC(=O)c1cccc(OC(F)F)c1. The quantitative estimate of drug-likeness (QED) is 0.692. The summed E-state index contributed by atoms with van der Waals surface area (Å²) < 4.78 is 32.8. The molecule has 1 rings (SSSR count). The molecule has 0 aliphatic rings. The van der Waals surface area contributed by atoms with Crippen molar-refractivity contribution in [2.45, 2.75) is 6.61 Å². The van der Waals surface area contributed by atoms with Gasteiger partial charge in [-0.2, -0.15) is 8.78 Å². The number of rotatable bonds is 7. The van der Waals surface area contributed by atoms with Crippen LogP contribution >= 0.6 is 0 Å². The second kappa shape index (κ2) is 7.78. The zero-order chi connectivity index (χ0) is 15.8. The Morgan fingerprint density at radius 2 is 2.00 bits per heavy atom. The highest BCUT2D eigenvalue weighted by atomic mass is 19.3. The first-order valence-electron chi connectivity index (χ1n) is 5.65. The lowest BCUT2D eigenvalue weighted by Crippen LogP contribution is -2.35. The molecule has 9 heteroatoms. The summed E-state index contributed by atoms with van der Waals surface area (Å²) >= 11 is 0. The summed E-state index contributed by atoms with van der Waals surface area (Å²) in [4.78, 5) is 33.2. The molecule has 114 valence electrons. The van der Waals surface area contributed by atoms with E-state index in [1.807, 2.05) is 0 Å². The second-order valence-corrected chi connectivity index (χ2v) is 3.73. The maximum atomic E-state index is 12.0. The average molecular weight is 302 g/mol. The van der Waals surface area contributed by atoms with Gasteiger partial charge in [-0.3, -0.25) is 9.59 Å². The fourth-order valence-corrected chi connectivity index (χ4v) is 1.25. The van der Waals surface area contributed by atoms with E-state index in [1.165, 1.54) is 18.2 Å². The zero-order valence-corrected chi connectivity index (χ0v) is 10.7. The number of alkyl halides is 2. The van der Waals surface area contributed by atoms with Crippen molar-refractivity contribution in [1.29, 1.82) is 0 Å². The molecular formula is C12H12F2N2O5. The van der Waals surface area contributed by atoms with Crippen LogP contribution in [-0.2, 0) is 14.3 Å². The molecule has 0 aliphatic carbocycles. The average Bonchev–Trinajstić information content (AvgIpc) is 2.42. The molecule has 0 aromatic heterocycles. The van der Waals surface area contributed by atoms with Crippen LogP contribution < -0.4 is 15.8 Å². The number of halogens is 2. The monoisotopic (exact) mass is 302 g/mol. The molecule has 2 amide bonds. The Labute approximate surface area is 118 Å². The number of carbonyl (C=O) groups excluding carboxylic acids is 3. The Morgan fingerprint density at radius 3 is 2.62 bits per heavy atom. The minimum Gasteiger partial charge on any atom is -0.452 e. The number of nitrogens with two attached hydrogens (primary N) is 1. The third-order valence-electron chi connectivity index (χ3n) is 2.09. The lowest BCUT2D eigenvalue weighted by Gasteiger charge is -2.07. The number of benzene rings is 1. The lowest BCUT2D eigenvalue weighted by molar-refractivity contribution is -0.127. The van der Waals surface area contributed by atoms with Crippen molar-refractivity contribution < 1.29 is 32.6 Å². The molecule has 0 unspecified atom stereocenters. The predicted octanol–water partition coefficient (Wildman–Crippen LogP) is 0.0463. The Bertz CT molecular complexity index is 536. The second-order valence-electron chi connectivity index (χ2n) is 3.73. The zero-order valence-electron chi connectivity index (χ0n) is 10.7. The van der Waals surface area contributed by atoms with Gasteiger partial charge in [-0.15, -0.1) is 0 Å². The van der Waals surface area contributed by atoms with E-state index in [2.05, 4.69) is 14.8 Å². The van der Waals surface area contributed by atoms with Gasteiger partial charge in [0, 0.05) is 0 Å². The van der Waals surface area contributed by atoms with Crippen LogP contribution in [0, 0.1) is 0 Å². The van der Waals surface area contributed by atoms with Crippen molar-refractivity contribution in [3.05, 3.63) is 29.8 Å². The van der Waals surface area contributed by atoms with Gasteiger partial charge in [0.05, 0.1) is 12.1 Å². The third-order valence-corrected chi connectivity index (χ3v) is 2.09. The van der Waals surface area contributed by atoms with Crippen LogP contribution in [0.3, 0.4) is 0 Å². The highest BCUT2D eigenvalue weighted by Gasteiger charge is 2.12. The van der Waals surface area contributed by atoms with E-state index in [0.29, 0.717) is 0 Å². The highest BCUT2D eigenvalue weighted by Crippen LogP contribution is 2.16. The molecule has 0 spiro atoms. The van der Waals surface area contributed by atoms with Gasteiger partial charge in [-0.1, -0.05) is 6.07 Å². The summed E-state index contributed by atoms with van der Waals surface area (Å²) in [5, 5.41) is 2.11. The van der Waals surface area contributed by atoms with Crippen molar-refractivity contribution in [2.24, 2.45) is 5.73 Å². The first-order chi connectivity index (χ1) is 9.88. The lowest BCUT2D eigenvalue weighted by atomic mass is 10.2. The summed E-state index contributed by atoms with van der Waals surface area (Å²) in [6, 6.07) is 4.92. The van der Waals surface area contributed by atoms with Crippen LogP contribution in [0.4, 0.5) is 8.78 Å². The van der Waals surface area contributed by atoms with Gasteiger partial charge < -0.3 is 20.5 Å². The number of amides is 2. The number of nitrogens with one attached hydrogen (secondary N) is 1. The smallest absolute Gasteiger partial charge is 0.387 e. The number of esters is 1. The summed E-state index contributed by atoms with van der Waals surface area (Å²) in [6.45, 7) is -4.03. The first kappa shape index (κ1) is 16.3. The molecule has 0 saturated heterocycles. The number of hydrogen-bond donors (Lipinski definition) is 2. The number of ether oxygens (including phenoxy) is 2. The first-order valence-corrected chi connectivity index (χ1v) is 5.65. The van der Waals surface area contributed by atoms with E-state index < -0.39 is 31.0 Å². The molecule has 7 nitrogen and oxygen atoms in total. The molecule has 0 saturated carbocycles. The van der Waals surface area contributed by atoms with Gasteiger partial charge in [0.15, 0.2) is 6.61 Å². The maximum absolute atomic E-state index is 12.0. The van der Waals surface area contributed by atoms with Crippen molar-refractivity contribution in [1.82, 2.24) is 5.32 Å². The van der Waals surface area contributed by atoms with E-state index in [4.69, 9.17) is 5.73 Å². The van der Waals surface area contributed by atoms with Crippen molar-refractivity contribution >= 4 is 17.8 Å². The molecule has 0 atom stereocenters. The molecule has 0 bridgehead atoms. The molecule has 0 aliphatic heterocycles. The van der Waals surface area contributed by atoms with Gasteiger partial charge in [-0.05, 0) is 18.2 Å². The summed E-state index contributed by atoms with van der Waals surface area (Å²) in [7, 11) is 0. The fourth-order valence-electron chi connectivity index (χ4n) is 1.25. The van der Waals surface area contributed by atoms with Crippen LogP contribution in [-0.4, -0.2) is 37.5 Å². The number of carbonyl (C=O) groups is 3. The molecule has 0 heterocycles. The number of hydrogen-bond acceptors (Lipinski definition) is 5. The normalized spacial score (nSPS) is 10.0. The summed E-state index contributed by atoms with van der Waals surface area (Å²) in [5.74, 6) is -2.57. The molecular weight excluding hydrogens is 290 g/mol. The minimum absolute atomic E-state index is 0.0594. The number of primary amides is 1. The standard InChI is InChI=1S/C12H12F2N2O5/c13-12(14)21-8-3-1-2-7(4-8)11(19)20-6-10(18)16-5-9(15)17/h1-4,12H,5-6H2,(H2,15,17)(H,16,18). The van der Waals surface area contributed by atoms with Crippen LogP contribution in [0.1, 0.15) is 10.4 Å². The van der Waals surface area contributed by atoms with Crippen LogP contribution in [0.5, 0.6) is 5.75 Å². The van der Waals surface area contributed by atoms with Crippen LogP contribution in [0.15, 0.2) is 24.3 Å². The third kappa shape index (κ3) is 6.32. The molecule has 1 aromatic rings. The molecule has 0 radical (unpaired) electrons. The van der Waals surface area contributed by atoms with Gasteiger partial charge >= 0.3 is 12.6 Å². The van der Waals surface area contributed by atoms with E-state index in [-0.39, 0.29) is 17.9 Å². The Balaban J connectivity index is 2.52. The van der Waals surface area contributed by atoms with Crippen molar-refractivity contribution in [3.63, 3.8) is 0 Å². The van der Waals surface area contributed by atoms with Gasteiger partial charge in [0.2, 0.25) is 5.91 Å². The molecule has 3 N–H and O–H groups in total. The van der Waals surface area contributed by atoms with Crippen LogP contribution in [0.25, 0.3) is 0 Å². The van der Waals surface area contributed by atoms with E-state index in [0.717, 1.165) is 6.07 Å². The van der Waals surface area contributed by atoms with Gasteiger partial charge in [0.25, 0.3) is 5.91 Å². The largest absolute Gasteiger partial charge is 0.452 e. The van der Waals surface area contributed by atoms with Crippen molar-refractivity contribution in [3.8, 4) is 5.75 Å². The predicted molar refractivity (Wildman–Crippen MR) is 65.6 cm³/mol. The fraction of sp³-hybridized carbons (Fsp3) is 0.250. The molecule has 0 fully saturated rings. The Kier molecular flexibility index (Phi) is 6.05. The summed E-state index contributed by atoms with van der Waals surface area (Å²) in [5.41, 5.74) is 4.75. The highest BCUT2D eigenvalue weighted by molar-refractivity contribution is 5.92. The Morgan fingerprint density at radius 1 is 1.29 bits per heavy atom. The van der Waals surface area contributed by atoms with Crippen LogP contribution in [0.2, 0.25) is 0 Å². The minimum atomic E-state index is -3.02. The van der Waals surface area contributed by atoms with E-state index in [1.54, 1.807) is 0 Å². The molecule has 1 aromatic carbocycles. The topological polar surface area (TPSA) is 108 Å². The van der Waals surface area contributed by atoms with E-state index in [9.17, 15) is 23.2 Å². The summed E-state index contributed by atoms with van der Waals surface area (Å²) in [6.07, 6.45) is 0. The Hall–Kier alpha value is -2.71. The van der Waals surface area contributed by atoms with Gasteiger partial charge in [0.1, 0.15) is 5.75 Å². The van der Waals surface area contributed by atoms with Crippen molar-refractivity contribution in [2.75, 3.05) is 13.2 Å². The maximum Gasteiger partial charge on any atom is 0.387 e. The molecule has 21 heavy (non-hydrogen) atoms.